The lowest BCUT2D eigenvalue weighted by atomic mass is 10.3. The van der Waals surface area contributed by atoms with Crippen LogP contribution in [0.5, 0.6) is 0 Å². The van der Waals surface area contributed by atoms with E-state index in [1.54, 1.807) is 22.9 Å². The molecule has 2 aromatic rings. The Morgan fingerprint density at radius 2 is 2.00 bits per heavy atom. The number of amides is 1. The molecule has 2 aromatic heterocycles. The van der Waals surface area contributed by atoms with Crippen LogP contribution in [0, 0.1) is 6.92 Å². The zero-order valence-electron chi connectivity index (χ0n) is 15.5. The SMILES string of the molecule is COCCOCCOCC(=O)N(Cc1cc(C)n(C)n1)Cc1nccs1. The second-order valence-electron chi connectivity index (χ2n) is 5.73. The van der Waals surface area contributed by atoms with Gasteiger partial charge in [0.2, 0.25) is 5.91 Å². The lowest BCUT2D eigenvalue weighted by Crippen LogP contribution is -2.33. The molecule has 0 atom stereocenters. The molecule has 0 radical (unpaired) electrons. The lowest BCUT2D eigenvalue weighted by Gasteiger charge is -2.20. The fourth-order valence-electron chi connectivity index (χ4n) is 2.25. The van der Waals surface area contributed by atoms with Gasteiger partial charge in [-0.1, -0.05) is 0 Å². The van der Waals surface area contributed by atoms with E-state index in [0.29, 0.717) is 39.5 Å². The Hall–Kier alpha value is -1.81. The minimum atomic E-state index is -0.0969. The van der Waals surface area contributed by atoms with Crippen molar-refractivity contribution in [1.29, 1.82) is 0 Å². The zero-order chi connectivity index (χ0) is 18.8. The average Bonchev–Trinajstić information content (AvgIpc) is 3.23. The summed E-state index contributed by atoms with van der Waals surface area (Å²) in [5, 5.41) is 7.22. The summed E-state index contributed by atoms with van der Waals surface area (Å²) in [6, 6.07) is 1.98. The maximum Gasteiger partial charge on any atom is 0.249 e. The molecule has 1 amide bonds. The van der Waals surface area contributed by atoms with E-state index in [4.69, 9.17) is 14.2 Å². The monoisotopic (exact) mass is 382 g/mol. The molecule has 144 valence electrons. The molecule has 0 saturated carbocycles. The highest BCUT2D eigenvalue weighted by Gasteiger charge is 2.17. The maximum absolute atomic E-state index is 12.6. The minimum absolute atomic E-state index is 0.00479. The van der Waals surface area contributed by atoms with Crippen LogP contribution in [0.4, 0.5) is 0 Å². The summed E-state index contributed by atoms with van der Waals surface area (Å²) in [6.07, 6.45) is 1.74. The molecule has 0 aliphatic carbocycles. The molecule has 0 fully saturated rings. The second-order valence-corrected chi connectivity index (χ2v) is 6.71. The number of aromatic nitrogens is 3. The highest BCUT2D eigenvalue weighted by atomic mass is 32.1. The van der Waals surface area contributed by atoms with E-state index in [9.17, 15) is 4.79 Å². The van der Waals surface area contributed by atoms with Crippen molar-refractivity contribution >= 4 is 17.2 Å². The van der Waals surface area contributed by atoms with Crippen molar-refractivity contribution in [3.63, 3.8) is 0 Å². The van der Waals surface area contributed by atoms with Gasteiger partial charge in [-0.15, -0.1) is 11.3 Å². The summed E-state index contributed by atoms with van der Waals surface area (Å²) in [6.45, 7) is 4.72. The number of nitrogens with zero attached hydrogens (tertiary/aromatic N) is 4. The van der Waals surface area contributed by atoms with Crippen molar-refractivity contribution in [3.8, 4) is 0 Å². The van der Waals surface area contributed by atoms with Crippen LogP contribution in [-0.4, -0.2) is 65.7 Å². The third kappa shape index (κ3) is 6.83. The standard InChI is InChI=1S/C17H26N4O4S/c1-14-10-15(19-20(14)2)11-21(12-16-18-4-9-26-16)17(22)13-25-8-7-24-6-5-23-3/h4,9-10H,5-8,11-13H2,1-3H3. The molecular formula is C17H26N4O4S. The van der Waals surface area contributed by atoms with Gasteiger partial charge in [-0.25, -0.2) is 4.98 Å². The largest absolute Gasteiger partial charge is 0.382 e. The van der Waals surface area contributed by atoms with Crippen LogP contribution in [0.2, 0.25) is 0 Å². The summed E-state index contributed by atoms with van der Waals surface area (Å²) in [7, 11) is 3.51. The molecule has 0 unspecified atom stereocenters. The summed E-state index contributed by atoms with van der Waals surface area (Å²) in [5.74, 6) is -0.0969. The van der Waals surface area contributed by atoms with Gasteiger partial charge in [-0.2, -0.15) is 5.10 Å². The molecule has 9 heteroatoms. The van der Waals surface area contributed by atoms with Gasteiger partial charge in [0, 0.05) is 31.4 Å². The van der Waals surface area contributed by atoms with Gasteiger partial charge in [0.25, 0.3) is 0 Å². The predicted molar refractivity (Wildman–Crippen MR) is 97.8 cm³/mol. The first-order chi connectivity index (χ1) is 12.6. The quantitative estimate of drug-likeness (QED) is 0.516. The van der Waals surface area contributed by atoms with Crippen LogP contribution < -0.4 is 0 Å². The molecule has 8 nitrogen and oxygen atoms in total. The molecule has 0 spiro atoms. The van der Waals surface area contributed by atoms with Crippen molar-refractivity contribution in [2.75, 3.05) is 40.1 Å². The van der Waals surface area contributed by atoms with Crippen LogP contribution in [0.15, 0.2) is 17.6 Å². The van der Waals surface area contributed by atoms with Crippen molar-refractivity contribution in [2.24, 2.45) is 7.05 Å². The van der Waals surface area contributed by atoms with Crippen molar-refractivity contribution in [2.45, 2.75) is 20.0 Å². The van der Waals surface area contributed by atoms with Crippen LogP contribution in [-0.2, 0) is 39.1 Å². The molecule has 0 aliphatic rings. The number of aryl methyl sites for hydroxylation is 2. The second kappa shape index (κ2) is 11.0. The summed E-state index contributed by atoms with van der Waals surface area (Å²) in [4.78, 5) is 18.6. The fraction of sp³-hybridized carbons (Fsp3) is 0.588. The lowest BCUT2D eigenvalue weighted by molar-refractivity contribution is -0.138. The third-order valence-electron chi connectivity index (χ3n) is 3.71. The summed E-state index contributed by atoms with van der Waals surface area (Å²) in [5.41, 5.74) is 1.89. The highest BCUT2D eigenvalue weighted by molar-refractivity contribution is 7.09. The van der Waals surface area contributed by atoms with Gasteiger partial charge >= 0.3 is 0 Å². The van der Waals surface area contributed by atoms with Gasteiger partial charge < -0.3 is 19.1 Å². The number of carbonyl (C=O) groups is 1. The third-order valence-corrected chi connectivity index (χ3v) is 4.47. The van der Waals surface area contributed by atoms with Gasteiger partial charge in [0.15, 0.2) is 0 Å². The molecule has 0 aromatic carbocycles. The van der Waals surface area contributed by atoms with Gasteiger partial charge in [-0.05, 0) is 13.0 Å². The summed E-state index contributed by atoms with van der Waals surface area (Å²) >= 11 is 1.52. The predicted octanol–water partition coefficient (Wildman–Crippen LogP) is 1.39. The van der Waals surface area contributed by atoms with Crippen molar-refractivity contribution < 1.29 is 19.0 Å². The Kier molecular flexibility index (Phi) is 8.69. The summed E-state index contributed by atoms with van der Waals surface area (Å²) < 4.78 is 17.5. The van der Waals surface area contributed by atoms with Gasteiger partial charge in [-0.3, -0.25) is 9.48 Å². The first-order valence-electron chi connectivity index (χ1n) is 8.40. The van der Waals surface area contributed by atoms with Crippen molar-refractivity contribution in [1.82, 2.24) is 19.7 Å². The average molecular weight is 382 g/mol. The molecule has 0 N–H and O–H groups in total. The van der Waals surface area contributed by atoms with Crippen LogP contribution in [0.25, 0.3) is 0 Å². The number of carbonyl (C=O) groups excluding carboxylic acids is 1. The zero-order valence-corrected chi connectivity index (χ0v) is 16.3. The number of rotatable bonds is 12. The Labute approximate surface area is 157 Å². The van der Waals surface area contributed by atoms with Crippen LogP contribution in [0.3, 0.4) is 0 Å². The van der Waals surface area contributed by atoms with Gasteiger partial charge in [0.1, 0.15) is 11.6 Å². The molecule has 26 heavy (non-hydrogen) atoms. The Balaban J connectivity index is 1.85. The molecule has 0 saturated heterocycles. The van der Waals surface area contributed by atoms with Crippen LogP contribution >= 0.6 is 11.3 Å². The Bertz CT molecular complexity index is 640. The number of ether oxygens (including phenoxy) is 3. The number of thiazole rings is 1. The minimum Gasteiger partial charge on any atom is -0.382 e. The number of hydrogen-bond donors (Lipinski definition) is 0. The number of methoxy groups -OCH3 is 1. The molecule has 0 bridgehead atoms. The molecular weight excluding hydrogens is 356 g/mol. The first-order valence-corrected chi connectivity index (χ1v) is 9.28. The fourth-order valence-corrected chi connectivity index (χ4v) is 2.88. The first kappa shape index (κ1) is 20.5. The number of hydrogen-bond acceptors (Lipinski definition) is 7. The van der Waals surface area contributed by atoms with E-state index < -0.39 is 0 Å². The van der Waals surface area contributed by atoms with E-state index >= 15 is 0 Å². The Morgan fingerprint density at radius 3 is 2.65 bits per heavy atom. The normalized spacial score (nSPS) is 11.0. The van der Waals surface area contributed by atoms with E-state index in [1.165, 1.54) is 11.3 Å². The van der Waals surface area contributed by atoms with E-state index in [2.05, 4.69) is 10.1 Å². The molecule has 0 aliphatic heterocycles. The maximum atomic E-state index is 12.6. The molecule has 2 heterocycles. The topological polar surface area (TPSA) is 78.7 Å². The smallest absolute Gasteiger partial charge is 0.249 e. The van der Waals surface area contributed by atoms with Gasteiger partial charge in [0.05, 0.1) is 45.2 Å². The highest BCUT2D eigenvalue weighted by Crippen LogP contribution is 2.12. The van der Waals surface area contributed by atoms with E-state index in [-0.39, 0.29) is 12.5 Å². The molecule has 2 rings (SSSR count). The van der Waals surface area contributed by atoms with E-state index in [0.717, 1.165) is 16.4 Å². The van der Waals surface area contributed by atoms with E-state index in [1.807, 2.05) is 25.4 Å². The van der Waals surface area contributed by atoms with Crippen LogP contribution in [0.1, 0.15) is 16.4 Å². The Morgan fingerprint density at radius 1 is 1.23 bits per heavy atom. The van der Waals surface area contributed by atoms with Crippen molar-refractivity contribution in [3.05, 3.63) is 34.0 Å².